The predicted octanol–water partition coefficient (Wildman–Crippen LogP) is 3.04. The minimum absolute atomic E-state index is 0.0716. The van der Waals surface area contributed by atoms with Gasteiger partial charge in [0.05, 0.1) is 18.1 Å². The second kappa shape index (κ2) is 6.87. The summed E-state index contributed by atoms with van der Waals surface area (Å²) in [7, 11) is 1.37. The van der Waals surface area contributed by atoms with E-state index in [1.165, 1.54) is 7.11 Å². The van der Waals surface area contributed by atoms with E-state index < -0.39 is 0 Å². The Hall–Kier alpha value is -3.15. The van der Waals surface area contributed by atoms with Crippen LogP contribution in [0.1, 0.15) is 23.7 Å². The highest BCUT2D eigenvalue weighted by molar-refractivity contribution is 5.96. The van der Waals surface area contributed by atoms with E-state index in [0.29, 0.717) is 13.0 Å². The highest BCUT2D eigenvalue weighted by Crippen LogP contribution is 2.33. The molecule has 138 valence electrons. The van der Waals surface area contributed by atoms with Gasteiger partial charge in [-0.2, -0.15) is 0 Å². The van der Waals surface area contributed by atoms with Crippen molar-refractivity contribution in [1.82, 2.24) is 9.55 Å². The number of aryl methyl sites for hydroxylation is 1. The number of benzene rings is 2. The Morgan fingerprint density at radius 3 is 2.81 bits per heavy atom. The van der Waals surface area contributed by atoms with Crippen LogP contribution in [0.15, 0.2) is 48.5 Å². The Morgan fingerprint density at radius 1 is 1.22 bits per heavy atom. The van der Waals surface area contributed by atoms with Crippen molar-refractivity contribution >= 4 is 28.6 Å². The zero-order valence-electron chi connectivity index (χ0n) is 15.4. The van der Waals surface area contributed by atoms with Crippen molar-refractivity contribution in [2.75, 3.05) is 18.6 Å². The number of carbonyl (C=O) groups is 2. The molecule has 0 N–H and O–H groups in total. The number of anilines is 1. The smallest absolute Gasteiger partial charge is 0.325 e. The van der Waals surface area contributed by atoms with Gasteiger partial charge in [0.2, 0.25) is 5.91 Å². The number of para-hydroxylation sites is 2. The molecule has 1 fully saturated rings. The molecular weight excluding hydrogens is 342 g/mol. The summed E-state index contributed by atoms with van der Waals surface area (Å²) < 4.78 is 6.72. The van der Waals surface area contributed by atoms with Gasteiger partial charge in [-0.1, -0.05) is 24.3 Å². The van der Waals surface area contributed by atoms with Crippen molar-refractivity contribution in [2.24, 2.45) is 0 Å². The fourth-order valence-electron chi connectivity index (χ4n) is 3.69. The molecule has 1 unspecified atom stereocenters. The summed E-state index contributed by atoms with van der Waals surface area (Å²) in [5, 5.41) is 0. The highest BCUT2D eigenvalue weighted by atomic mass is 16.5. The van der Waals surface area contributed by atoms with Gasteiger partial charge >= 0.3 is 5.97 Å². The van der Waals surface area contributed by atoms with Crippen LogP contribution in [0.4, 0.5) is 5.69 Å². The third kappa shape index (κ3) is 3.18. The lowest BCUT2D eigenvalue weighted by atomic mass is 10.1. The summed E-state index contributed by atoms with van der Waals surface area (Å²) in [4.78, 5) is 31.1. The normalized spacial score (nSPS) is 16.9. The van der Waals surface area contributed by atoms with E-state index in [0.717, 1.165) is 28.1 Å². The van der Waals surface area contributed by atoms with E-state index in [-0.39, 0.29) is 24.3 Å². The quantitative estimate of drug-likeness (QED) is 0.669. The molecule has 2 aromatic carbocycles. The molecule has 1 amide bonds. The minimum Gasteiger partial charge on any atom is -0.468 e. The van der Waals surface area contributed by atoms with Crippen molar-refractivity contribution < 1.29 is 14.3 Å². The number of rotatable bonds is 4. The Kier molecular flexibility index (Phi) is 4.39. The van der Waals surface area contributed by atoms with Gasteiger partial charge in [0.25, 0.3) is 0 Å². The monoisotopic (exact) mass is 363 g/mol. The summed E-state index contributed by atoms with van der Waals surface area (Å²) in [5.74, 6) is 0.418. The van der Waals surface area contributed by atoms with Gasteiger partial charge in [0.1, 0.15) is 12.4 Å². The average molecular weight is 363 g/mol. The van der Waals surface area contributed by atoms with Crippen molar-refractivity contribution in [3.63, 3.8) is 0 Å². The van der Waals surface area contributed by atoms with Crippen LogP contribution in [0, 0.1) is 6.92 Å². The first-order valence-corrected chi connectivity index (χ1v) is 8.96. The number of carbonyl (C=O) groups excluding carboxylic acids is 2. The van der Waals surface area contributed by atoms with E-state index in [2.05, 4.69) is 0 Å². The SMILES string of the molecule is COC(=O)Cn1c(C2CC(=O)N(c3cccc(C)c3)C2)nc2ccccc21. The van der Waals surface area contributed by atoms with Crippen molar-refractivity contribution in [3.8, 4) is 0 Å². The van der Waals surface area contributed by atoms with Gasteiger partial charge in [0, 0.05) is 24.6 Å². The second-order valence-corrected chi connectivity index (χ2v) is 6.87. The molecule has 0 saturated carbocycles. The number of hydrogen-bond donors (Lipinski definition) is 0. The Balaban J connectivity index is 1.71. The molecule has 1 aliphatic heterocycles. The summed E-state index contributed by atoms with van der Waals surface area (Å²) in [6.45, 7) is 2.64. The lowest BCUT2D eigenvalue weighted by Crippen LogP contribution is -2.24. The summed E-state index contributed by atoms with van der Waals surface area (Å²) in [5.41, 5.74) is 3.71. The van der Waals surface area contributed by atoms with Gasteiger partial charge in [-0.05, 0) is 36.8 Å². The number of esters is 1. The largest absolute Gasteiger partial charge is 0.468 e. The molecule has 0 radical (unpaired) electrons. The summed E-state index contributed by atoms with van der Waals surface area (Å²) in [6, 6.07) is 15.6. The van der Waals surface area contributed by atoms with Gasteiger partial charge in [-0.3, -0.25) is 9.59 Å². The minimum atomic E-state index is -0.334. The first kappa shape index (κ1) is 17.3. The van der Waals surface area contributed by atoms with Gasteiger partial charge < -0.3 is 14.2 Å². The number of aromatic nitrogens is 2. The van der Waals surface area contributed by atoms with Crippen LogP contribution < -0.4 is 4.90 Å². The summed E-state index contributed by atoms with van der Waals surface area (Å²) >= 11 is 0. The number of nitrogens with zero attached hydrogens (tertiary/aromatic N) is 3. The topological polar surface area (TPSA) is 64.4 Å². The first-order valence-electron chi connectivity index (χ1n) is 8.96. The molecule has 4 rings (SSSR count). The Morgan fingerprint density at radius 2 is 2.04 bits per heavy atom. The molecule has 6 heteroatoms. The third-order valence-corrected chi connectivity index (χ3v) is 5.00. The number of hydrogen-bond acceptors (Lipinski definition) is 4. The predicted molar refractivity (Wildman–Crippen MR) is 103 cm³/mol. The number of imidazole rings is 1. The van der Waals surface area contributed by atoms with Crippen LogP contribution in [0.25, 0.3) is 11.0 Å². The third-order valence-electron chi connectivity index (χ3n) is 5.00. The van der Waals surface area contributed by atoms with E-state index >= 15 is 0 Å². The Labute approximate surface area is 157 Å². The van der Waals surface area contributed by atoms with E-state index in [9.17, 15) is 9.59 Å². The fraction of sp³-hybridized carbons (Fsp3) is 0.286. The maximum absolute atomic E-state index is 12.7. The van der Waals surface area contributed by atoms with Crippen LogP contribution in [-0.4, -0.2) is 35.1 Å². The van der Waals surface area contributed by atoms with E-state index in [1.54, 1.807) is 4.90 Å². The van der Waals surface area contributed by atoms with Crippen LogP contribution in [0.3, 0.4) is 0 Å². The molecule has 1 atom stereocenters. The van der Waals surface area contributed by atoms with Crippen LogP contribution in [0.2, 0.25) is 0 Å². The number of fused-ring (bicyclic) bond motifs is 1. The number of amides is 1. The lowest BCUT2D eigenvalue weighted by molar-refractivity contribution is -0.141. The molecular formula is C21H21N3O3. The molecule has 3 aromatic rings. The maximum Gasteiger partial charge on any atom is 0.325 e. The molecule has 1 aliphatic rings. The van der Waals surface area contributed by atoms with Crippen LogP contribution >= 0.6 is 0 Å². The van der Waals surface area contributed by atoms with Gasteiger partial charge in [0.15, 0.2) is 0 Å². The molecule has 6 nitrogen and oxygen atoms in total. The highest BCUT2D eigenvalue weighted by Gasteiger charge is 2.35. The molecule has 0 bridgehead atoms. The molecule has 0 aliphatic carbocycles. The van der Waals surface area contributed by atoms with Gasteiger partial charge in [-0.15, -0.1) is 0 Å². The summed E-state index contributed by atoms with van der Waals surface area (Å²) in [6.07, 6.45) is 0.373. The molecule has 2 heterocycles. The maximum atomic E-state index is 12.7. The Bertz CT molecular complexity index is 1020. The molecule has 1 aromatic heterocycles. The average Bonchev–Trinajstić information content (AvgIpc) is 3.22. The second-order valence-electron chi connectivity index (χ2n) is 6.87. The molecule has 0 spiro atoms. The molecule has 1 saturated heterocycles. The zero-order valence-corrected chi connectivity index (χ0v) is 15.4. The fourth-order valence-corrected chi connectivity index (χ4v) is 3.69. The number of methoxy groups -OCH3 is 1. The standard InChI is InChI=1S/C21H21N3O3/c1-14-6-5-7-16(10-14)23-12-15(11-19(23)25)21-22-17-8-3-4-9-18(17)24(21)13-20(26)27-2/h3-10,15H,11-13H2,1-2H3. The van der Waals surface area contributed by atoms with Crippen LogP contribution in [-0.2, 0) is 20.9 Å². The van der Waals surface area contributed by atoms with Crippen molar-refractivity contribution in [3.05, 3.63) is 59.9 Å². The van der Waals surface area contributed by atoms with Gasteiger partial charge in [-0.25, -0.2) is 4.98 Å². The first-order chi connectivity index (χ1) is 13.1. The lowest BCUT2D eigenvalue weighted by Gasteiger charge is -2.17. The van der Waals surface area contributed by atoms with Crippen LogP contribution in [0.5, 0.6) is 0 Å². The van der Waals surface area contributed by atoms with E-state index in [1.807, 2.05) is 60.0 Å². The van der Waals surface area contributed by atoms with Crippen molar-refractivity contribution in [1.29, 1.82) is 0 Å². The van der Waals surface area contributed by atoms with Crippen molar-refractivity contribution in [2.45, 2.75) is 25.8 Å². The van der Waals surface area contributed by atoms with E-state index in [4.69, 9.17) is 9.72 Å². The molecule has 27 heavy (non-hydrogen) atoms. The number of ether oxygens (including phenoxy) is 1. The zero-order chi connectivity index (χ0) is 19.0.